The van der Waals surface area contributed by atoms with E-state index < -0.39 is 0 Å². The molecule has 1 aliphatic heterocycles. The van der Waals surface area contributed by atoms with Crippen molar-refractivity contribution in [3.05, 3.63) is 36.0 Å². The number of nitrogens with one attached hydrogen (secondary N) is 1. The minimum atomic E-state index is 0.104. The average molecular weight is 286 g/mol. The number of rotatable bonds is 4. The van der Waals surface area contributed by atoms with Crippen molar-refractivity contribution in [2.45, 2.75) is 32.3 Å². The number of hydrogen-bond acceptors (Lipinski definition) is 2. The van der Waals surface area contributed by atoms with E-state index in [-0.39, 0.29) is 12.0 Å². The lowest BCUT2D eigenvalue weighted by Gasteiger charge is -2.32. The van der Waals surface area contributed by atoms with E-state index in [2.05, 4.69) is 11.9 Å². The predicted molar refractivity (Wildman–Crippen MR) is 83.5 cm³/mol. The number of benzene rings is 1. The van der Waals surface area contributed by atoms with Gasteiger partial charge in [0.05, 0.1) is 17.2 Å². The third kappa shape index (κ3) is 2.95. The number of aromatic amines is 1. The van der Waals surface area contributed by atoms with Crippen LogP contribution in [-0.2, 0) is 4.74 Å². The number of fused-ring (bicyclic) bond motifs is 1. The molecule has 1 aliphatic rings. The number of carbonyl (C=O) groups is 1. The summed E-state index contributed by atoms with van der Waals surface area (Å²) in [6.07, 6.45) is 5.15. The van der Waals surface area contributed by atoms with Gasteiger partial charge in [0, 0.05) is 31.3 Å². The van der Waals surface area contributed by atoms with Gasteiger partial charge < -0.3 is 14.6 Å². The van der Waals surface area contributed by atoms with Crippen LogP contribution in [0, 0.1) is 0 Å². The lowest BCUT2D eigenvalue weighted by atomic mass is 10.1. The summed E-state index contributed by atoms with van der Waals surface area (Å²) in [5.74, 6) is 0.104. The topological polar surface area (TPSA) is 45.3 Å². The SMILES string of the molecule is CCCOC1CCCN(C(=O)c2cccc3cc[nH]c23)C1. The molecule has 0 spiro atoms. The molecule has 1 aromatic carbocycles. The molecule has 1 aromatic heterocycles. The van der Waals surface area contributed by atoms with Gasteiger partial charge in [0.15, 0.2) is 0 Å². The predicted octanol–water partition coefficient (Wildman–Crippen LogP) is 3.20. The van der Waals surface area contributed by atoms with E-state index in [9.17, 15) is 4.79 Å². The molecule has 0 bridgehead atoms. The summed E-state index contributed by atoms with van der Waals surface area (Å²) in [6.45, 7) is 4.41. The van der Waals surface area contributed by atoms with Gasteiger partial charge in [0.1, 0.15) is 0 Å². The molecule has 21 heavy (non-hydrogen) atoms. The fourth-order valence-corrected chi connectivity index (χ4v) is 2.98. The van der Waals surface area contributed by atoms with Gasteiger partial charge in [-0.2, -0.15) is 0 Å². The number of likely N-dealkylation sites (tertiary alicyclic amines) is 1. The minimum Gasteiger partial charge on any atom is -0.376 e. The number of ether oxygens (including phenoxy) is 1. The van der Waals surface area contributed by atoms with E-state index in [4.69, 9.17) is 4.74 Å². The first-order valence-corrected chi connectivity index (χ1v) is 7.76. The molecule has 4 nitrogen and oxygen atoms in total. The van der Waals surface area contributed by atoms with Gasteiger partial charge >= 0.3 is 0 Å². The molecule has 1 unspecified atom stereocenters. The van der Waals surface area contributed by atoms with Crippen molar-refractivity contribution >= 4 is 16.8 Å². The second-order valence-corrected chi connectivity index (χ2v) is 5.63. The summed E-state index contributed by atoms with van der Waals surface area (Å²) >= 11 is 0. The Kier molecular flexibility index (Phi) is 4.25. The maximum atomic E-state index is 12.8. The lowest BCUT2D eigenvalue weighted by Crippen LogP contribution is -2.43. The van der Waals surface area contributed by atoms with Gasteiger partial charge in [-0.15, -0.1) is 0 Å². The highest BCUT2D eigenvalue weighted by Crippen LogP contribution is 2.21. The van der Waals surface area contributed by atoms with Gasteiger partial charge in [-0.05, 0) is 31.4 Å². The van der Waals surface area contributed by atoms with E-state index in [0.717, 1.165) is 48.9 Å². The Balaban J connectivity index is 1.76. The van der Waals surface area contributed by atoms with Gasteiger partial charge in [0.2, 0.25) is 0 Å². The summed E-state index contributed by atoms with van der Waals surface area (Å²) in [4.78, 5) is 17.9. The van der Waals surface area contributed by atoms with Crippen molar-refractivity contribution in [1.82, 2.24) is 9.88 Å². The third-order valence-electron chi connectivity index (χ3n) is 4.04. The van der Waals surface area contributed by atoms with Gasteiger partial charge in [-0.1, -0.05) is 19.1 Å². The molecule has 0 saturated carbocycles. The average Bonchev–Trinajstić information content (AvgIpc) is 3.01. The van der Waals surface area contributed by atoms with E-state index in [1.807, 2.05) is 35.4 Å². The summed E-state index contributed by atoms with van der Waals surface area (Å²) < 4.78 is 5.82. The Morgan fingerprint density at radius 1 is 1.43 bits per heavy atom. The largest absolute Gasteiger partial charge is 0.376 e. The number of hydrogen-bond donors (Lipinski definition) is 1. The first-order chi connectivity index (χ1) is 10.3. The van der Waals surface area contributed by atoms with Gasteiger partial charge in [-0.3, -0.25) is 4.79 Å². The zero-order chi connectivity index (χ0) is 14.7. The Labute approximate surface area is 125 Å². The molecule has 4 heteroatoms. The quantitative estimate of drug-likeness (QED) is 0.938. The molecule has 0 aliphatic carbocycles. The monoisotopic (exact) mass is 286 g/mol. The summed E-state index contributed by atoms with van der Waals surface area (Å²) in [5, 5.41) is 1.08. The van der Waals surface area contributed by atoms with Crippen LogP contribution in [0.1, 0.15) is 36.5 Å². The summed E-state index contributed by atoms with van der Waals surface area (Å²) in [5.41, 5.74) is 1.69. The van der Waals surface area contributed by atoms with Crippen LogP contribution in [0.3, 0.4) is 0 Å². The fourth-order valence-electron chi connectivity index (χ4n) is 2.98. The number of aromatic nitrogens is 1. The van der Waals surface area contributed by atoms with Crippen LogP contribution >= 0.6 is 0 Å². The number of nitrogens with zero attached hydrogens (tertiary/aromatic N) is 1. The van der Waals surface area contributed by atoms with Crippen LogP contribution in [0.5, 0.6) is 0 Å². The van der Waals surface area contributed by atoms with Crippen molar-refractivity contribution in [3.63, 3.8) is 0 Å². The molecule has 1 saturated heterocycles. The Bertz CT molecular complexity index is 620. The molecule has 1 atom stereocenters. The zero-order valence-electron chi connectivity index (χ0n) is 12.5. The van der Waals surface area contributed by atoms with Crippen LogP contribution < -0.4 is 0 Å². The first-order valence-electron chi connectivity index (χ1n) is 7.76. The number of H-pyrrole nitrogens is 1. The Morgan fingerprint density at radius 2 is 2.33 bits per heavy atom. The van der Waals surface area contributed by atoms with Crippen molar-refractivity contribution in [2.75, 3.05) is 19.7 Å². The van der Waals surface area contributed by atoms with E-state index in [0.29, 0.717) is 6.54 Å². The minimum absolute atomic E-state index is 0.104. The molecular weight excluding hydrogens is 264 g/mol. The molecule has 1 fully saturated rings. The summed E-state index contributed by atoms with van der Waals surface area (Å²) in [6, 6.07) is 7.86. The number of piperidine rings is 1. The normalized spacial score (nSPS) is 19.1. The van der Waals surface area contributed by atoms with Crippen LogP contribution in [0.15, 0.2) is 30.5 Å². The first kappa shape index (κ1) is 14.1. The Hall–Kier alpha value is -1.81. The fraction of sp³-hybridized carbons (Fsp3) is 0.471. The van der Waals surface area contributed by atoms with Crippen molar-refractivity contribution in [2.24, 2.45) is 0 Å². The smallest absolute Gasteiger partial charge is 0.256 e. The number of amides is 1. The lowest BCUT2D eigenvalue weighted by molar-refractivity contribution is 0.00217. The molecule has 3 rings (SSSR count). The van der Waals surface area contributed by atoms with Crippen molar-refractivity contribution in [3.8, 4) is 0 Å². The van der Waals surface area contributed by atoms with E-state index in [1.54, 1.807) is 0 Å². The Morgan fingerprint density at radius 3 is 3.19 bits per heavy atom. The number of para-hydroxylation sites is 1. The molecule has 1 N–H and O–H groups in total. The number of carbonyl (C=O) groups excluding carboxylic acids is 1. The third-order valence-corrected chi connectivity index (χ3v) is 4.04. The van der Waals surface area contributed by atoms with E-state index >= 15 is 0 Å². The molecule has 112 valence electrons. The van der Waals surface area contributed by atoms with Crippen molar-refractivity contribution < 1.29 is 9.53 Å². The van der Waals surface area contributed by atoms with Crippen LogP contribution in [0.4, 0.5) is 0 Å². The van der Waals surface area contributed by atoms with Crippen LogP contribution in [0.2, 0.25) is 0 Å². The molecule has 0 radical (unpaired) electrons. The maximum Gasteiger partial charge on any atom is 0.256 e. The molecule has 1 amide bonds. The van der Waals surface area contributed by atoms with Crippen LogP contribution in [-0.4, -0.2) is 41.6 Å². The van der Waals surface area contributed by atoms with Gasteiger partial charge in [-0.25, -0.2) is 0 Å². The maximum absolute atomic E-state index is 12.8. The standard InChI is InChI=1S/C17H22N2O2/c1-2-11-21-14-6-4-10-19(12-14)17(20)15-7-3-5-13-8-9-18-16(13)15/h3,5,7-9,14,18H,2,4,6,10-12H2,1H3. The molecule has 2 aromatic rings. The van der Waals surface area contributed by atoms with Crippen molar-refractivity contribution in [1.29, 1.82) is 0 Å². The highest BCUT2D eigenvalue weighted by molar-refractivity contribution is 6.05. The highest BCUT2D eigenvalue weighted by Gasteiger charge is 2.25. The highest BCUT2D eigenvalue weighted by atomic mass is 16.5. The zero-order valence-corrected chi connectivity index (χ0v) is 12.5. The molecule has 2 heterocycles. The second kappa shape index (κ2) is 6.31. The summed E-state index contributed by atoms with van der Waals surface area (Å²) in [7, 11) is 0. The van der Waals surface area contributed by atoms with E-state index in [1.165, 1.54) is 0 Å². The second-order valence-electron chi connectivity index (χ2n) is 5.63. The van der Waals surface area contributed by atoms with Crippen LogP contribution in [0.25, 0.3) is 10.9 Å². The van der Waals surface area contributed by atoms with Gasteiger partial charge in [0.25, 0.3) is 5.91 Å². The molecular formula is C17H22N2O2.